The summed E-state index contributed by atoms with van der Waals surface area (Å²) >= 11 is 0. The van der Waals surface area contributed by atoms with E-state index in [2.05, 4.69) is 55.3 Å². The van der Waals surface area contributed by atoms with Crippen molar-refractivity contribution < 1.29 is 4.74 Å². The zero-order chi connectivity index (χ0) is 15.4. The van der Waals surface area contributed by atoms with Crippen LogP contribution in [0.2, 0.25) is 0 Å². The van der Waals surface area contributed by atoms with E-state index in [1.807, 2.05) is 0 Å². The summed E-state index contributed by atoms with van der Waals surface area (Å²) in [4.78, 5) is 6.90. The molecule has 0 bridgehead atoms. The molecule has 0 heterocycles. The molecule has 5 nitrogen and oxygen atoms in total. The van der Waals surface area contributed by atoms with E-state index >= 15 is 0 Å². The third-order valence-corrected chi connectivity index (χ3v) is 3.35. The average molecular weight is 414 g/mol. The number of nitrogens with zero attached hydrogens (tertiary/aromatic N) is 2. The summed E-state index contributed by atoms with van der Waals surface area (Å²) in [5, 5.41) is 6.74. The molecule has 0 fully saturated rings. The first-order chi connectivity index (χ1) is 9.51. The third kappa shape index (κ3) is 13.3. The quantitative estimate of drug-likeness (QED) is 0.249. The Morgan fingerprint density at radius 2 is 1.90 bits per heavy atom. The standard InChI is InChI=1S/C15H34N4O.HI/c1-7-16-15(18-14(4)13(2)3)17-9-8-10-19(5)11-12-20-6;/h13-14H,7-12H2,1-6H3,(H2,16,17,18);1H. The average Bonchev–Trinajstić information content (AvgIpc) is 2.41. The van der Waals surface area contributed by atoms with Crippen LogP contribution in [0, 0.1) is 5.92 Å². The van der Waals surface area contributed by atoms with E-state index in [0.29, 0.717) is 12.0 Å². The van der Waals surface area contributed by atoms with Crippen LogP contribution in [0.5, 0.6) is 0 Å². The van der Waals surface area contributed by atoms with E-state index in [-0.39, 0.29) is 24.0 Å². The van der Waals surface area contributed by atoms with Crippen LogP contribution < -0.4 is 10.6 Å². The van der Waals surface area contributed by atoms with Crippen LogP contribution in [-0.2, 0) is 4.74 Å². The molecule has 0 rings (SSSR count). The van der Waals surface area contributed by atoms with Crippen molar-refractivity contribution >= 4 is 29.9 Å². The molecule has 0 aliphatic heterocycles. The van der Waals surface area contributed by atoms with E-state index < -0.39 is 0 Å². The van der Waals surface area contributed by atoms with Gasteiger partial charge in [0.25, 0.3) is 0 Å². The van der Waals surface area contributed by atoms with Crippen LogP contribution >= 0.6 is 24.0 Å². The number of ether oxygens (including phenoxy) is 1. The first-order valence-electron chi connectivity index (χ1n) is 7.73. The monoisotopic (exact) mass is 414 g/mol. The van der Waals surface area contributed by atoms with Gasteiger partial charge in [0.05, 0.1) is 6.61 Å². The normalized spacial score (nSPS) is 13.2. The maximum atomic E-state index is 5.07. The van der Waals surface area contributed by atoms with Gasteiger partial charge in [0, 0.05) is 32.8 Å². The Balaban J connectivity index is 0. The highest BCUT2D eigenvalue weighted by Crippen LogP contribution is 1.99. The van der Waals surface area contributed by atoms with Gasteiger partial charge in [-0.25, -0.2) is 0 Å². The number of nitrogens with one attached hydrogen (secondary N) is 2. The fourth-order valence-corrected chi connectivity index (χ4v) is 1.59. The largest absolute Gasteiger partial charge is 0.383 e. The van der Waals surface area contributed by atoms with Crippen LogP contribution in [0.15, 0.2) is 4.99 Å². The second kappa shape index (κ2) is 14.8. The van der Waals surface area contributed by atoms with Gasteiger partial charge in [0.1, 0.15) is 0 Å². The second-order valence-corrected chi connectivity index (χ2v) is 5.59. The molecule has 21 heavy (non-hydrogen) atoms. The molecule has 1 unspecified atom stereocenters. The molecule has 0 aliphatic carbocycles. The van der Waals surface area contributed by atoms with Crippen molar-refractivity contribution in [3.8, 4) is 0 Å². The van der Waals surface area contributed by atoms with Gasteiger partial charge in [-0.15, -0.1) is 24.0 Å². The van der Waals surface area contributed by atoms with Gasteiger partial charge in [-0.3, -0.25) is 4.99 Å². The van der Waals surface area contributed by atoms with Crippen molar-refractivity contribution in [1.29, 1.82) is 0 Å². The number of hydrogen-bond acceptors (Lipinski definition) is 3. The minimum atomic E-state index is 0. The molecule has 1 atom stereocenters. The highest BCUT2D eigenvalue weighted by Gasteiger charge is 2.08. The van der Waals surface area contributed by atoms with Crippen LogP contribution in [0.4, 0.5) is 0 Å². The van der Waals surface area contributed by atoms with Crippen molar-refractivity contribution in [2.45, 2.75) is 40.2 Å². The fourth-order valence-electron chi connectivity index (χ4n) is 1.59. The number of halogens is 1. The van der Waals surface area contributed by atoms with E-state index in [4.69, 9.17) is 4.74 Å². The Labute approximate surface area is 148 Å². The van der Waals surface area contributed by atoms with Crippen LogP contribution in [-0.4, -0.2) is 63.8 Å². The second-order valence-electron chi connectivity index (χ2n) is 5.59. The predicted molar refractivity (Wildman–Crippen MR) is 103 cm³/mol. The molecule has 0 spiro atoms. The molecule has 0 saturated carbocycles. The molecule has 6 heteroatoms. The first-order valence-corrected chi connectivity index (χ1v) is 7.73. The lowest BCUT2D eigenvalue weighted by molar-refractivity contribution is 0.161. The topological polar surface area (TPSA) is 48.9 Å². The van der Waals surface area contributed by atoms with E-state index in [1.165, 1.54) is 0 Å². The lowest BCUT2D eigenvalue weighted by atomic mass is 10.1. The van der Waals surface area contributed by atoms with Crippen molar-refractivity contribution in [3.63, 3.8) is 0 Å². The van der Waals surface area contributed by atoms with Crippen molar-refractivity contribution in [1.82, 2.24) is 15.5 Å². The smallest absolute Gasteiger partial charge is 0.191 e. The molecular formula is C15H35IN4O. The summed E-state index contributed by atoms with van der Waals surface area (Å²) in [6, 6.07) is 0.428. The Bertz CT molecular complexity index is 262. The zero-order valence-electron chi connectivity index (χ0n) is 14.6. The number of methoxy groups -OCH3 is 1. The van der Waals surface area contributed by atoms with Gasteiger partial charge in [-0.2, -0.15) is 0 Å². The van der Waals surface area contributed by atoms with Crippen LogP contribution in [0.1, 0.15) is 34.1 Å². The Morgan fingerprint density at radius 1 is 1.24 bits per heavy atom. The molecule has 0 aliphatic rings. The summed E-state index contributed by atoms with van der Waals surface area (Å²) in [6.45, 7) is 13.3. The first kappa shape index (κ1) is 23.2. The van der Waals surface area contributed by atoms with Gasteiger partial charge in [-0.05, 0) is 39.8 Å². The van der Waals surface area contributed by atoms with Gasteiger partial charge in [-0.1, -0.05) is 13.8 Å². The maximum absolute atomic E-state index is 5.07. The summed E-state index contributed by atoms with van der Waals surface area (Å²) < 4.78 is 5.07. The van der Waals surface area contributed by atoms with Gasteiger partial charge < -0.3 is 20.3 Å². The third-order valence-electron chi connectivity index (χ3n) is 3.35. The lowest BCUT2D eigenvalue weighted by Crippen LogP contribution is -2.44. The molecular weight excluding hydrogens is 379 g/mol. The minimum absolute atomic E-state index is 0. The molecule has 128 valence electrons. The molecule has 0 aromatic rings. The van der Waals surface area contributed by atoms with Crippen molar-refractivity contribution in [2.75, 3.05) is 46.9 Å². The Kier molecular flexibility index (Phi) is 16.4. The van der Waals surface area contributed by atoms with E-state index in [1.54, 1.807) is 7.11 Å². The van der Waals surface area contributed by atoms with E-state index in [9.17, 15) is 0 Å². The molecule has 0 aromatic carbocycles. The number of guanidine groups is 1. The number of rotatable bonds is 10. The number of aliphatic imine (C=N–C) groups is 1. The van der Waals surface area contributed by atoms with Gasteiger partial charge in [0.2, 0.25) is 0 Å². The predicted octanol–water partition coefficient (Wildman–Crippen LogP) is 2.17. The Hall–Kier alpha value is -0.0800. The summed E-state index contributed by atoms with van der Waals surface area (Å²) in [6.07, 6.45) is 1.06. The van der Waals surface area contributed by atoms with Crippen LogP contribution in [0.25, 0.3) is 0 Å². The van der Waals surface area contributed by atoms with Crippen molar-refractivity contribution in [2.24, 2.45) is 10.9 Å². The fraction of sp³-hybridized carbons (Fsp3) is 0.933. The molecule has 0 aromatic heterocycles. The SMILES string of the molecule is CCNC(=NCCCN(C)CCOC)NC(C)C(C)C.I. The summed E-state index contributed by atoms with van der Waals surface area (Å²) in [7, 11) is 3.86. The van der Waals surface area contributed by atoms with Gasteiger partial charge in [0.15, 0.2) is 5.96 Å². The summed E-state index contributed by atoms with van der Waals surface area (Å²) in [5.41, 5.74) is 0. The molecule has 0 saturated heterocycles. The highest BCUT2D eigenvalue weighted by molar-refractivity contribution is 14.0. The highest BCUT2D eigenvalue weighted by atomic mass is 127. The maximum Gasteiger partial charge on any atom is 0.191 e. The Morgan fingerprint density at radius 3 is 2.43 bits per heavy atom. The number of likely N-dealkylation sites (N-methyl/N-ethyl adjacent to an activating group) is 1. The van der Waals surface area contributed by atoms with Gasteiger partial charge >= 0.3 is 0 Å². The molecule has 0 radical (unpaired) electrons. The van der Waals surface area contributed by atoms with E-state index in [0.717, 1.165) is 45.2 Å². The molecule has 2 N–H and O–H groups in total. The minimum Gasteiger partial charge on any atom is -0.383 e. The number of hydrogen-bond donors (Lipinski definition) is 2. The van der Waals surface area contributed by atoms with Crippen molar-refractivity contribution in [3.05, 3.63) is 0 Å². The lowest BCUT2D eigenvalue weighted by Gasteiger charge is -2.21. The van der Waals surface area contributed by atoms with Crippen LogP contribution in [0.3, 0.4) is 0 Å². The molecule has 0 amide bonds. The summed E-state index contributed by atoms with van der Waals surface area (Å²) in [5.74, 6) is 1.52. The zero-order valence-corrected chi connectivity index (χ0v) is 16.9.